The summed E-state index contributed by atoms with van der Waals surface area (Å²) >= 11 is 0. The van der Waals surface area contributed by atoms with Crippen molar-refractivity contribution in [3.63, 3.8) is 0 Å². The highest BCUT2D eigenvalue weighted by atomic mass is 15.2. The van der Waals surface area contributed by atoms with Gasteiger partial charge in [0.15, 0.2) is 0 Å². The van der Waals surface area contributed by atoms with E-state index in [0.29, 0.717) is 0 Å². The molecule has 0 radical (unpaired) electrons. The van der Waals surface area contributed by atoms with Gasteiger partial charge in [0.1, 0.15) is 0 Å². The maximum atomic E-state index is 4.55. The van der Waals surface area contributed by atoms with E-state index >= 15 is 0 Å². The average Bonchev–Trinajstić information content (AvgIpc) is 3.06. The zero-order valence-electron chi connectivity index (χ0n) is 18.1. The van der Waals surface area contributed by atoms with Crippen LogP contribution in [0.5, 0.6) is 0 Å². The molecule has 30 heavy (non-hydrogen) atoms. The van der Waals surface area contributed by atoms with Gasteiger partial charge in [-0.2, -0.15) is 0 Å². The average molecular weight is 398 g/mol. The van der Waals surface area contributed by atoms with E-state index in [9.17, 15) is 0 Å². The molecular formula is C25H27N5. The Hall–Kier alpha value is -3.18. The molecule has 0 bridgehead atoms. The van der Waals surface area contributed by atoms with Gasteiger partial charge >= 0.3 is 0 Å². The molecule has 0 amide bonds. The van der Waals surface area contributed by atoms with Crippen LogP contribution in [0.1, 0.15) is 16.8 Å². The maximum absolute atomic E-state index is 4.55. The van der Waals surface area contributed by atoms with Crippen LogP contribution in [0.2, 0.25) is 0 Å². The van der Waals surface area contributed by atoms with Crippen LogP contribution in [0.3, 0.4) is 0 Å². The number of para-hydroxylation sites is 1. The van der Waals surface area contributed by atoms with Crippen molar-refractivity contribution in [1.29, 1.82) is 0 Å². The van der Waals surface area contributed by atoms with E-state index in [0.717, 1.165) is 36.6 Å². The smallest absolute Gasteiger partial charge is 0.224 e. The van der Waals surface area contributed by atoms with Gasteiger partial charge in [-0.15, -0.1) is 0 Å². The molecule has 5 rings (SSSR count). The van der Waals surface area contributed by atoms with Crippen molar-refractivity contribution in [2.75, 3.05) is 32.6 Å². The molecule has 152 valence electrons. The van der Waals surface area contributed by atoms with E-state index in [1.807, 2.05) is 31.4 Å². The number of benzene rings is 2. The zero-order valence-corrected chi connectivity index (χ0v) is 18.1. The first-order valence-corrected chi connectivity index (χ1v) is 10.4. The van der Waals surface area contributed by atoms with Gasteiger partial charge in [-0.1, -0.05) is 29.8 Å². The third-order valence-corrected chi connectivity index (χ3v) is 5.99. The summed E-state index contributed by atoms with van der Waals surface area (Å²) in [7, 11) is 6.12. The standard InChI is InChI=1S/C25H27N5/c1-17-9-10-23-20(13-17)21-16-29(4)12-11-24(21)30(23)22-8-6-5-7-19(22)18-14-26-25(27-15-18)28(2)3/h5-10,13-15H,11-12,16H2,1-4H3. The van der Waals surface area contributed by atoms with Gasteiger partial charge in [-0.3, -0.25) is 0 Å². The molecule has 0 saturated carbocycles. The summed E-state index contributed by atoms with van der Waals surface area (Å²) in [6.07, 6.45) is 4.90. The van der Waals surface area contributed by atoms with Crippen molar-refractivity contribution in [2.24, 2.45) is 0 Å². The van der Waals surface area contributed by atoms with Gasteiger partial charge in [0.25, 0.3) is 0 Å². The molecule has 2 aromatic carbocycles. The molecule has 1 aliphatic heterocycles. The number of rotatable bonds is 3. The van der Waals surface area contributed by atoms with Crippen molar-refractivity contribution in [3.8, 4) is 16.8 Å². The Kier molecular flexibility index (Phi) is 4.55. The van der Waals surface area contributed by atoms with Crippen LogP contribution in [-0.2, 0) is 13.0 Å². The minimum absolute atomic E-state index is 0.721. The molecule has 0 saturated heterocycles. The third kappa shape index (κ3) is 3.06. The summed E-state index contributed by atoms with van der Waals surface area (Å²) in [5.74, 6) is 0.721. The predicted molar refractivity (Wildman–Crippen MR) is 123 cm³/mol. The van der Waals surface area contributed by atoms with E-state index in [1.165, 1.54) is 33.4 Å². The van der Waals surface area contributed by atoms with E-state index in [4.69, 9.17) is 0 Å². The lowest BCUT2D eigenvalue weighted by Gasteiger charge is -2.25. The van der Waals surface area contributed by atoms with Gasteiger partial charge in [-0.25, -0.2) is 9.97 Å². The number of anilines is 1. The highest BCUT2D eigenvalue weighted by Gasteiger charge is 2.24. The molecular weight excluding hydrogens is 370 g/mol. The van der Waals surface area contributed by atoms with Crippen molar-refractivity contribution < 1.29 is 0 Å². The molecule has 0 fully saturated rings. The summed E-state index contributed by atoms with van der Waals surface area (Å²) in [5.41, 5.74) is 8.84. The summed E-state index contributed by atoms with van der Waals surface area (Å²) in [5, 5.41) is 1.37. The Balaban J connectivity index is 1.74. The highest BCUT2D eigenvalue weighted by molar-refractivity contribution is 5.90. The topological polar surface area (TPSA) is 37.2 Å². The molecule has 2 aromatic heterocycles. The van der Waals surface area contributed by atoms with Crippen LogP contribution in [0, 0.1) is 6.92 Å². The number of aromatic nitrogens is 3. The normalized spacial score (nSPS) is 14.1. The summed E-state index contributed by atoms with van der Waals surface area (Å²) in [6, 6.07) is 15.4. The van der Waals surface area contributed by atoms with Gasteiger partial charge in [0, 0.05) is 68.2 Å². The Bertz CT molecular complexity index is 1220. The Morgan fingerprint density at radius 1 is 1.00 bits per heavy atom. The number of likely N-dealkylation sites (N-methyl/N-ethyl adjacent to an activating group) is 1. The van der Waals surface area contributed by atoms with E-state index < -0.39 is 0 Å². The molecule has 0 unspecified atom stereocenters. The van der Waals surface area contributed by atoms with Crippen LogP contribution in [-0.4, -0.2) is 47.1 Å². The van der Waals surface area contributed by atoms with E-state index in [-0.39, 0.29) is 0 Å². The fourth-order valence-electron chi connectivity index (χ4n) is 4.49. The van der Waals surface area contributed by atoms with Crippen LogP contribution < -0.4 is 4.90 Å². The minimum atomic E-state index is 0.721. The number of aryl methyl sites for hydroxylation is 1. The molecule has 4 aromatic rings. The first-order chi connectivity index (χ1) is 14.5. The van der Waals surface area contributed by atoms with Crippen molar-refractivity contribution in [3.05, 3.63) is 71.7 Å². The lowest BCUT2D eigenvalue weighted by molar-refractivity contribution is 0.311. The quantitative estimate of drug-likeness (QED) is 0.512. The number of hydrogen-bond donors (Lipinski definition) is 0. The summed E-state index contributed by atoms with van der Waals surface area (Å²) in [4.78, 5) is 13.4. The van der Waals surface area contributed by atoms with Crippen molar-refractivity contribution >= 4 is 16.9 Å². The molecule has 0 atom stereocenters. The predicted octanol–water partition coefficient (Wildman–Crippen LogP) is 4.45. The van der Waals surface area contributed by atoms with Crippen molar-refractivity contribution in [1.82, 2.24) is 19.4 Å². The summed E-state index contributed by atoms with van der Waals surface area (Å²) in [6.45, 7) is 4.24. The molecule has 3 heterocycles. The molecule has 0 spiro atoms. The Morgan fingerprint density at radius 3 is 2.53 bits per heavy atom. The van der Waals surface area contributed by atoms with Gasteiger partial charge < -0.3 is 14.4 Å². The molecule has 1 aliphatic rings. The second-order valence-electron chi connectivity index (χ2n) is 8.45. The Labute approximate surface area is 177 Å². The molecule has 0 N–H and O–H groups in total. The SMILES string of the molecule is Cc1ccc2c(c1)c1c(n2-c2ccccc2-c2cnc(N(C)C)nc2)CCN(C)C1. The highest BCUT2D eigenvalue weighted by Crippen LogP contribution is 2.37. The monoisotopic (exact) mass is 397 g/mol. The van der Waals surface area contributed by atoms with Crippen LogP contribution in [0.15, 0.2) is 54.9 Å². The lowest BCUT2D eigenvalue weighted by atomic mass is 10.0. The fourth-order valence-corrected chi connectivity index (χ4v) is 4.49. The van der Waals surface area contributed by atoms with Crippen molar-refractivity contribution in [2.45, 2.75) is 19.9 Å². The number of hydrogen-bond acceptors (Lipinski definition) is 4. The number of nitrogens with zero attached hydrogens (tertiary/aromatic N) is 5. The molecule has 5 heteroatoms. The second kappa shape index (κ2) is 7.26. The minimum Gasteiger partial charge on any atom is -0.347 e. The van der Waals surface area contributed by atoms with Gasteiger partial charge in [0.2, 0.25) is 5.95 Å². The number of fused-ring (bicyclic) bond motifs is 3. The zero-order chi connectivity index (χ0) is 20.8. The van der Waals surface area contributed by atoms with E-state index in [2.05, 4.69) is 75.9 Å². The van der Waals surface area contributed by atoms with Crippen LogP contribution >= 0.6 is 0 Å². The van der Waals surface area contributed by atoms with Gasteiger partial charge in [-0.05, 0) is 37.7 Å². The molecule has 5 nitrogen and oxygen atoms in total. The van der Waals surface area contributed by atoms with E-state index in [1.54, 1.807) is 0 Å². The van der Waals surface area contributed by atoms with Gasteiger partial charge in [0.05, 0.1) is 11.2 Å². The first-order valence-electron chi connectivity index (χ1n) is 10.4. The largest absolute Gasteiger partial charge is 0.347 e. The van der Waals surface area contributed by atoms with Crippen LogP contribution in [0.4, 0.5) is 5.95 Å². The van der Waals surface area contributed by atoms with Crippen LogP contribution in [0.25, 0.3) is 27.7 Å². The Morgan fingerprint density at radius 2 is 1.77 bits per heavy atom. The molecule has 0 aliphatic carbocycles. The summed E-state index contributed by atoms with van der Waals surface area (Å²) < 4.78 is 2.46. The second-order valence-corrected chi connectivity index (χ2v) is 8.45. The third-order valence-electron chi connectivity index (χ3n) is 5.99. The maximum Gasteiger partial charge on any atom is 0.224 e. The lowest BCUT2D eigenvalue weighted by Crippen LogP contribution is -2.27. The first kappa shape index (κ1) is 18.8. The fraction of sp³-hybridized carbons (Fsp3) is 0.280.